The number of β-amino-alcohol motifs (C(OH)–C–C–N with tert-alkyl or cyclic N) is 1. The Bertz CT molecular complexity index is 562. The molecule has 0 aromatic heterocycles. The Hall–Kier alpha value is -2.39. The first-order valence-electron chi connectivity index (χ1n) is 6.14. The van der Waals surface area contributed by atoms with Gasteiger partial charge in [0.05, 0.1) is 24.8 Å². The largest absolute Gasteiger partial charge is 0.467 e. The molecule has 2 unspecified atom stereocenters. The Morgan fingerprint density at radius 3 is 2.60 bits per heavy atom. The molecule has 0 saturated carbocycles. The summed E-state index contributed by atoms with van der Waals surface area (Å²) >= 11 is 0. The average Bonchev–Trinajstić information content (AvgIpc) is 2.87. The number of amides is 1. The number of methoxy groups -OCH3 is 1. The number of nitrogens with zero attached hydrogens (tertiary/aromatic N) is 2. The maximum atomic E-state index is 12.3. The molecule has 20 heavy (non-hydrogen) atoms. The van der Waals surface area contributed by atoms with Crippen LogP contribution >= 0.6 is 0 Å². The first kappa shape index (κ1) is 14.0. The number of aliphatic hydroxyl groups excluding tert-OH is 1. The minimum atomic E-state index is -0.766. The number of carbonyl (C=O) groups excluding carboxylic acids is 2. The van der Waals surface area contributed by atoms with Gasteiger partial charge in [-0.2, -0.15) is 5.26 Å². The maximum absolute atomic E-state index is 12.3. The van der Waals surface area contributed by atoms with Crippen molar-refractivity contribution in [2.45, 2.75) is 18.6 Å². The Labute approximate surface area is 116 Å². The molecule has 2 rings (SSSR count). The number of ether oxygens (including phenoxy) is 1. The molecular formula is C14H14N2O4. The van der Waals surface area contributed by atoms with Crippen molar-refractivity contribution in [2.75, 3.05) is 13.7 Å². The molecule has 0 bridgehead atoms. The minimum Gasteiger partial charge on any atom is -0.467 e. The smallest absolute Gasteiger partial charge is 0.328 e. The van der Waals surface area contributed by atoms with Crippen molar-refractivity contribution in [3.8, 4) is 6.07 Å². The number of hydrogen-bond donors (Lipinski definition) is 1. The Morgan fingerprint density at radius 2 is 2.05 bits per heavy atom. The lowest BCUT2D eigenvalue weighted by atomic mass is 10.1. The fourth-order valence-corrected chi connectivity index (χ4v) is 2.25. The molecule has 1 aliphatic heterocycles. The van der Waals surface area contributed by atoms with Gasteiger partial charge in [-0.3, -0.25) is 4.79 Å². The summed E-state index contributed by atoms with van der Waals surface area (Å²) in [6.45, 7) is 0.0958. The average molecular weight is 274 g/mol. The van der Waals surface area contributed by atoms with Crippen molar-refractivity contribution >= 4 is 11.9 Å². The van der Waals surface area contributed by atoms with E-state index in [1.807, 2.05) is 6.07 Å². The fraction of sp³-hybridized carbons (Fsp3) is 0.357. The van der Waals surface area contributed by atoms with Gasteiger partial charge in [0, 0.05) is 18.5 Å². The molecule has 1 N–H and O–H groups in total. The molecule has 0 spiro atoms. The molecule has 1 aromatic rings. The van der Waals surface area contributed by atoms with Gasteiger partial charge < -0.3 is 14.7 Å². The number of carbonyl (C=O) groups is 2. The normalized spacial score (nSPS) is 21.4. The quantitative estimate of drug-likeness (QED) is 0.784. The predicted molar refractivity (Wildman–Crippen MR) is 68.6 cm³/mol. The highest BCUT2D eigenvalue weighted by Crippen LogP contribution is 2.21. The summed E-state index contributed by atoms with van der Waals surface area (Å²) in [5, 5.41) is 18.4. The second-order valence-electron chi connectivity index (χ2n) is 4.58. The zero-order valence-electron chi connectivity index (χ0n) is 10.9. The van der Waals surface area contributed by atoms with Crippen LogP contribution in [0.4, 0.5) is 0 Å². The van der Waals surface area contributed by atoms with Gasteiger partial charge in [0.25, 0.3) is 5.91 Å². The van der Waals surface area contributed by atoms with Crippen molar-refractivity contribution in [1.82, 2.24) is 4.90 Å². The lowest BCUT2D eigenvalue weighted by molar-refractivity contribution is -0.145. The molecule has 1 aliphatic rings. The van der Waals surface area contributed by atoms with Crippen LogP contribution in [0.15, 0.2) is 24.3 Å². The highest BCUT2D eigenvalue weighted by Gasteiger charge is 2.39. The zero-order valence-corrected chi connectivity index (χ0v) is 10.9. The van der Waals surface area contributed by atoms with E-state index in [0.29, 0.717) is 11.1 Å². The molecule has 104 valence electrons. The van der Waals surface area contributed by atoms with E-state index < -0.39 is 18.1 Å². The SMILES string of the molecule is COC(=O)C1CC(O)CN1C(=O)c1ccc(C#N)cc1. The van der Waals surface area contributed by atoms with Crippen molar-refractivity contribution < 1.29 is 19.4 Å². The molecule has 1 aromatic carbocycles. The highest BCUT2D eigenvalue weighted by atomic mass is 16.5. The van der Waals surface area contributed by atoms with Crippen molar-refractivity contribution in [1.29, 1.82) is 5.26 Å². The van der Waals surface area contributed by atoms with Crippen molar-refractivity contribution in [3.63, 3.8) is 0 Å². The molecule has 2 atom stereocenters. The van der Waals surface area contributed by atoms with Crippen LogP contribution in [-0.2, 0) is 9.53 Å². The van der Waals surface area contributed by atoms with E-state index in [9.17, 15) is 14.7 Å². The number of nitriles is 1. The van der Waals surface area contributed by atoms with E-state index in [1.54, 1.807) is 0 Å². The summed E-state index contributed by atoms with van der Waals surface area (Å²) < 4.78 is 4.65. The molecule has 0 aliphatic carbocycles. The zero-order chi connectivity index (χ0) is 14.7. The summed E-state index contributed by atoms with van der Waals surface area (Å²) in [5.74, 6) is -0.898. The first-order valence-corrected chi connectivity index (χ1v) is 6.14. The third kappa shape index (κ3) is 2.63. The van der Waals surface area contributed by atoms with Crippen molar-refractivity contribution in [2.24, 2.45) is 0 Å². The molecule has 1 saturated heterocycles. The van der Waals surface area contributed by atoms with Gasteiger partial charge in [0.15, 0.2) is 0 Å². The monoisotopic (exact) mass is 274 g/mol. The molecule has 1 fully saturated rings. The predicted octanol–water partition coefficient (Wildman–Crippen LogP) is 0.307. The Balaban J connectivity index is 2.22. The van der Waals surface area contributed by atoms with Crippen LogP contribution in [0.2, 0.25) is 0 Å². The van der Waals surface area contributed by atoms with E-state index in [2.05, 4.69) is 4.74 Å². The van der Waals surface area contributed by atoms with Gasteiger partial charge in [-0.1, -0.05) is 0 Å². The number of esters is 1. The van der Waals surface area contributed by atoms with Gasteiger partial charge in [-0.15, -0.1) is 0 Å². The van der Waals surface area contributed by atoms with Gasteiger partial charge >= 0.3 is 5.97 Å². The summed E-state index contributed by atoms with van der Waals surface area (Å²) in [5.41, 5.74) is 0.819. The van der Waals surface area contributed by atoms with Crippen molar-refractivity contribution in [3.05, 3.63) is 35.4 Å². The summed E-state index contributed by atoms with van der Waals surface area (Å²) in [6, 6.07) is 7.33. The number of rotatable bonds is 2. The van der Waals surface area contributed by atoms with Crippen LogP contribution in [0.25, 0.3) is 0 Å². The van der Waals surface area contributed by atoms with Crippen LogP contribution in [-0.4, -0.2) is 47.7 Å². The number of benzene rings is 1. The molecule has 6 heteroatoms. The van der Waals surface area contributed by atoms with Crippen LogP contribution in [0.5, 0.6) is 0 Å². The molecular weight excluding hydrogens is 260 g/mol. The van der Waals surface area contributed by atoms with Gasteiger partial charge in [0.1, 0.15) is 6.04 Å². The third-order valence-electron chi connectivity index (χ3n) is 3.27. The van der Waals surface area contributed by atoms with E-state index >= 15 is 0 Å². The second kappa shape index (κ2) is 5.72. The summed E-state index contributed by atoms with van der Waals surface area (Å²) in [7, 11) is 1.25. The standard InChI is InChI=1S/C14H14N2O4/c1-20-14(19)12-6-11(17)8-16(12)13(18)10-4-2-9(7-15)3-5-10/h2-5,11-12,17H,6,8H2,1H3. The summed E-state index contributed by atoms with van der Waals surface area (Å²) in [6.07, 6.45) is -0.559. The van der Waals surface area contributed by atoms with Crippen LogP contribution in [0.1, 0.15) is 22.3 Å². The highest BCUT2D eigenvalue weighted by molar-refractivity contribution is 5.97. The van der Waals surface area contributed by atoms with Gasteiger partial charge in [-0.25, -0.2) is 4.79 Å². The summed E-state index contributed by atoms with van der Waals surface area (Å²) in [4.78, 5) is 25.3. The lowest BCUT2D eigenvalue weighted by Gasteiger charge is -2.22. The van der Waals surface area contributed by atoms with Crippen LogP contribution in [0, 0.1) is 11.3 Å². The van der Waals surface area contributed by atoms with Gasteiger partial charge in [0.2, 0.25) is 0 Å². The minimum absolute atomic E-state index is 0.0958. The van der Waals surface area contributed by atoms with E-state index in [1.165, 1.54) is 36.3 Å². The second-order valence-corrected chi connectivity index (χ2v) is 4.58. The topological polar surface area (TPSA) is 90.6 Å². The maximum Gasteiger partial charge on any atom is 0.328 e. The number of aliphatic hydroxyl groups is 1. The van der Waals surface area contributed by atoms with Gasteiger partial charge in [-0.05, 0) is 24.3 Å². The Morgan fingerprint density at radius 1 is 1.40 bits per heavy atom. The number of likely N-dealkylation sites (tertiary alicyclic amines) is 1. The Kier molecular flexibility index (Phi) is 4.01. The van der Waals surface area contributed by atoms with E-state index in [-0.39, 0.29) is 18.9 Å². The first-order chi connectivity index (χ1) is 9.56. The van der Waals surface area contributed by atoms with E-state index in [4.69, 9.17) is 5.26 Å². The van der Waals surface area contributed by atoms with Crippen LogP contribution in [0.3, 0.4) is 0 Å². The van der Waals surface area contributed by atoms with E-state index in [0.717, 1.165) is 0 Å². The van der Waals surface area contributed by atoms with Crippen LogP contribution < -0.4 is 0 Å². The molecule has 0 radical (unpaired) electrons. The molecule has 1 amide bonds. The molecule has 6 nitrogen and oxygen atoms in total. The molecule has 1 heterocycles. The third-order valence-corrected chi connectivity index (χ3v) is 3.27. The number of hydrogen-bond acceptors (Lipinski definition) is 5. The lowest BCUT2D eigenvalue weighted by Crippen LogP contribution is -2.41. The fourth-order valence-electron chi connectivity index (χ4n) is 2.25.